The monoisotopic (exact) mass is 482 g/mol. The first-order chi connectivity index (χ1) is 15.0. The van der Waals surface area contributed by atoms with Crippen LogP contribution < -0.4 is 14.9 Å². The lowest BCUT2D eigenvalue weighted by Gasteiger charge is -2.07. The zero-order valence-electron chi connectivity index (χ0n) is 16.6. The van der Waals surface area contributed by atoms with Gasteiger partial charge in [0.25, 0.3) is 5.91 Å². The molecule has 158 valence electrons. The van der Waals surface area contributed by atoms with E-state index < -0.39 is 11.9 Å². The molecule has 1 N–H and O–H groups in total. The predicted molar refractivity (Wildman–Crippen MR) is 120 cm³/mol. The van der Waals surface area contributed by atoms with Crippen LogP contribution in [0.2, 0.25) is 0 Å². The first kappa shape index (κ1) is 22.0. The molecule has 0 atom stereocenters. The maximum atomic E-state index is 12.1. The van der Waals surface area contributed by atoms with Crippen molar-refractivity contribution in [3.05, 3.63) is 88.3 Å². The molecule has 0 aliphatic heterocycles. The fourth-order valence-corrected chi connectivity index (χ4v) is 2.76. The van der Waals surface area contributed by atoms with Gasteiger partial charge in [-0.25, -0.2) is 10.2 Å². The average Bonchev–Trinajstić information content (AvgIpc) is 3.27. The highest BCUT2D eigenvalue weighted by Gasteiger charge is 2.08. The molecule has 3 aromatic rings. The number of hydrogen-bond acceptors (Lipinski definition) is 6. The highest BCUT2D eigenvalue weighted by atomic mass is 79.9. The van der Waals surface area contributed by atoms with Crippen LogP contribution in [0.15, 0.2) is 80.9 Å². The summed E-state index contributed by atoms with van der Waals surface area (Å²) in [5.41, 5.74) is 3.97. The van der Waals surface area contributed by atoms with Crippen LogP contribution in [-0.2, 0) is 9.59 Å². The van der Waals surface area contributed by atoms with E-state index >= 15 is 0 Å². The number of rotatable bonds is 8. The van der Waals surface area contributed by atoms with E-state index in [-0.39, 0.29) is 12.4 Å². The molecule has 31 heavy (non-hydrogen) atoms. The Hall–Kier alpha value is -3.65. The molecular weight excluding hydrogens is 464 g/mol. The zero-order valence-corrected chi connectivity index (χ0v) is 18.2. The van der Waals surface area contributed by atoms with Gasteiger partial charge >= 0.3 is 5.97 Å². The summed E-state index contributed by atoms with van der Waals surface area (Å²) >= 11 is 3.36. The first-order valence-electron chi connectivity index (χ1n) is 9.24. The summed E-state index contributed by atoms with van der Waals surface area (Å²) in [6.07, 6.45) is 5.65. The summed E-state index contributed by atoms with van der Waals surface area (Å²) < 4.78 is 16.6. The van der Waals surface area contributed by atoms with Gasteiger partial charge in [-0.05, 0) is 55.5 Å². The van der Waals surface area contributed by atoms with Crippen molar-refractivity contribution in [3.8, 4) is 11.5 Å². The Morgan fingerprint density at radius 2 is 1.97 bits per heavy atom. The number of carbonyl (C=O) groups excluding carboxylic acids is 2. The number of nitrogens with zero attached hydrogens (tertiary/aromatic N) is 1. The number of aryl methyl sites for hydroxylation is 1. The number of hydrogen-bond donors (Lipinski definition) is 1. The van der Waals surface area contributed by atoms with Gasteiger partial charge in [-0.15, -0.1) is 0 Å². The molecule has 8 heteroatoms. The summed E-state index contributed by atoms with van der Waals surface area (Å²) in [4.78, 5) is 24.0. The molecule has 0 aliphatic carbocycles. The van der Waals surface area contributed by atoms with Crippen LogP contribution in [0.25, 0.3) is 6.08 Å². The van der Waals surface area contributed by atoms with Crippen LogP contribution in [0.1, 0.15) is 16.9 Å². The van der Waals surface area contributed by atoms with Crippen LogP contribution in [0.4, 0.5) is 0 Å². The number of furan rings is 1. The molecule has 0 radical (unpaired) electrons. The molecule has 0 aliphatic rings. The smallest absolute Gasteiger partial charge is 0.336 e. The SMILES string of the molecule is Cc1ccc(OCC(=O)NN=Cc2cc(Br)ccc2OC(=O)/C=C/c2ccco2)cc1. The molecule has 0 spiro atoms. The second kappa shape index (κ2) is 10.9. The van der Waals surface area contributed by atoms with E-state index in [0.717, 1.165) is 10.0 Å². The standard InChI is InChI=1S/C23H19BrN2O5/c1-16-4-7-20(8-5-16)30-15-22(27)26-25-14-17-13-18(24)6-10-21(17)31-23(28)11-9-19-3-2-12-29-19/h2-14H,15H2,1H3,(H,26,27)/b11-9+,25-14?. The van der Waals surface area contributed by atoms with E-state index in [1.54, 1.807) is 42.5 Å². The Bertz CT molecular complexity index is 1090. The van der Waals surface area contributed by atoms with Gasteiger partial charge in [0.1, 0.15) is 17.3 Å². The van der Waals surface area contributed by atoms with Gasteiger partial charge in [0.05, 0.1) is 12.5 Å². The second-order valence-electron chi connectivity index (χ2n) is 6.35. The van der Waals surface area contributed by atoms with Crippen molar-refractivity contribution >= 4 is 40.1 Å². The third-order valence-electron chi connectivity index (χ3n) is 3.89. The Morgan fingerprint density at radius 3 is 2.71 bits per heavy atom. The van der Waals surface area contributed by atoms with E-state index in [1.165, 1.54) is 24.6 Å². The number of hydrazone groups is 1. The lowest BCUT2D eigenvalue weighted by molar-refractivity contribution is -0.129. The van der Waals surface area contributed by atoms with Crippen LogP contribution in [0.3, 0.4) is 0 Å². The number of halogens is 1. The molecule has 0 saturated carbocycles. The third kappa shape index (κ3) is 7.27. The average molecular weight is 483 g/mol. The maximum absolute atomic E-state index is 12.1. The lowest BCUT2D eigenvalue weighted by atomic mass is 10.2. The van der Waals surface area contributed by atoms with E-state index in [9.17, 15) is 9.59 Å². The highest BCUT2D eigenvalue weighted by Crippen LogP contribution is 2.22. The molecule has 0 fully saturated rings. The molecule has 3 rings (SSSR count). The Morgan fingerprint density at radius 1 is 1.16 bits per heavy atom. The summed E-state index contributed by atoms with van der Waals surface area (Å²) in [7, 11) is 0. The van der Waals surface area contributed by atoms with Gasteiger partial charge in [0.2, 0.25) is 0 Å². The fraction of sp³-hybridized carbons (Fsp3) is 0.0870. The van der Waals surface area contributed by atoms with Crippen LogP contribution in [0.5, 0.6) is 11.5 Å². The number of nitrogens with one attached hydrogen (secondary N) is 1. The number of benzene rings is 2. The predicted octanol–water partition coefficient (Wildman–Crippen LogP) is 4.50. The molecule has 0 bridgehead atoms. The second-order valence-corrected chi connectivity index (χ2v) is 7.26. The summed E-state index contributed by atoms with van der Waals surface area (Å²) in [5.74, 6) is 0.403. The van der Waals surface area contributed by atoms with Crippen molar-refractivity contribution in [1.29, 1.82) is 0 Å². The van der Waals surface area contributed by atoms with Crippen molar-refractivity contribution in [2.24, 2.45) is 5.10 Å². The fourth-order valence-electron chi connectivity index (χ4n) is 2.38. The van der Waals surface area contributed by atoms with Crippen LogP contribution >= 0.6 is 15.9 Å². The summed E-state index contributed by atoms with van der Waals surface area (Å²) in [5, 5.41) is 3.91. The van der Waals surface area contributed by atoms with Gasteiger partial charge in [-0.2, -0.15) is 5.10 Å². The number of amides is 1. The van der Waals surface area contributed by atoms with E-state index in [4.69, 9.17) is 13.9 Å². The molecule has 1 heterocycles. The normalized spacial score (nSPS) is 11.0. The van der Waals surface area contributed by atoms with Gasteiger partial charge < -0.3 is 13.9 Å². The molecule has 2 aromatic carbocycles. The number of carbonyl (C=O) groups is 2. The maximum Gasteiger partial charge on any atom is 0.336 e. The van der Waals surface area contributed by atoms with E-state index in [2.05, 4.69) is 26.5 Å². The lowest BCUT2D eigenvalue weighted by Crippen LogP contribution is -2.24. The molecule has 7 nitrogen and oxygen atoms in total. The van der Waals surface area contributed by atoms with Gasteiger partial charge in [0.15, 0.2) is 6.61 Å². The van der Waals surface area contributed by atoms with Crippen LogP contribution in [0, 0.1) is 6.92 Å². The molecule has 0 saturated heterocycles. The largest absolute Gasteiger partial charge is 0.484 e. The summed E-state index contributed by atoms with van der Waals surface area (Å²) in [6.45, 7) is 1.78. The van der Waals surface area contributed by atoms with Crippen molar-refractivity contribution < 1.29 is 23.5 Å². The van der Waals surface area contributed by atoms with Gasteiger partial charge in [-0.1, -0.05) is 33.6 Å². The van der Waals surface area contributed by atoms with Crippen LogP contribution in [-0.4, -0.2) is 24.7 Å². The number of ether oxygens (including phenoxy) is 2. The first-order valence-corrected chi connectivity index (χ1v) is 10.0. The topological polar surface area (TPSA) is 90.1 Å². The Kier molecular flexibility index (Phi) is 7.78. The molecule has 1 amide bonds. The number of esters is 1. The zero-order chi connectivity index (χ0) is 22.1. The van der Waals surface area contributed by atoms with Gasteiger partial charge in [0, 0.05) is 16.1 Å². The minimum Gasteiger partial charge on any atom is -0.484 e. The highest BCUT2D eigenvalue weighted by molar-refractivity contribution is 9.10. The van der Waals surface area contributed by atoms with Crippen molar-refractivity contribution in [1.82, 2.24) is 5.43 Å². The third-order valence-corrected chi connectivity index (χ3v) is 4.39. The Labute approximate surface area is 187 Å². The minimum absolute atomic E-state index is 0.182. The van der Waals surface area contributed by atoms with Crippen molar-refractivity contribution in [2.75, 3.05) is 6.61 Å². The Balaban J connectivity index is 1.56. The van der Waals surface area contributed by atoms with E-state index in [0.29, 0.717) is 17.1 Å². The summed E-state index contributed by atoms with van der Waals surface area (Å²) in [6, 6.07) is 15.8. The van der Waals surface area contributed by atoms with E-state index in [1.807, 2.05) is 19.1 Å². The molecule has 1 aromatic heterocycles. The molecule has 0 unspecified atom stereocenters. The van der Waals surface area contributed by atoms with Crippen molar-refractivity contribution in [3.63, 3.8) is 0 Å². The van der Waals surface area contributed by atoms with Gasteiger partial charge in [-0.3, -0.25) is 4.79 Å². The molecular formula is C23H19BrN2O5. The minimum atomic E-state index is -0.580. The van der Waals surface area contributed by atoms with Crippen molar-refractivity contribution in [2.45, 2.75) is 6.92 Å². The quantitative estimate of drug-likeness (QED) is 0.168.